The monoisotopic (exact) mass is 413 g/mol. The molecule has 0 aliphatic carbocycles. The maximum Gasteiger partial charge on any atom is 0.407 e. The van der Waals surface area contributed by atoms with Crippen LogP contribution in [0.1, 0.15) is 59.3 Å². The quantitative estimate of drug-likeness (QED) is 0.419. The van der Waals surface area contributed by atoms with E-state index in [1.807, 2.05) is 26.2 Å². The second-order valence-electron chi connectivity index (χ2n) is 7.36. The number of anilines is 1. The zero-order chi connectivity index (χ0) is 19.9. The van der Waals surface area contributed by atoms with E-state index in [-0.39, 0.29) is 17.6 Å². The van der Waals surface area contributed by atoms with Crippen molar-refractivity contribution in [2.75, 3.05) is 11.9 Å². The summed E-state index contributed by atoms with van der Waals surface area (Å²) in [6.45, 7) is 6.09. The Morgan fingerprint density at radius 2 is 1.85 bits per heavy atom. The molecule has 0 unspecified atom stereocenters. The fourth-order valence-electron chi connectivity index (χ4n) is 2.53. The summed E-state index contributed by atoms with van der Waals surface area (Å²) >= 11 is 0. The molecule has 7 nitrogen and oxygen atoms in total. The summed E-state index contributed by atoms with van der Waals surface area (Å²) in [5.74, 6) is -0.127. The second kappa shape index (κ2) is 9.89. The Bertz CT molecular complexity index is 772. The van der Waals surface area contributed by atoms with Crippen molar-refractivity contribution >= 4 is 38.4 Å². The highest BCUT2D eigenvalue weighted by atomic mass is 32.9. The van der Waals surface area contributed by atoms with Gasteiger partial charge in [-0.05, 0) is 33.6 Å². The molecule has 0 atom stereocenters. The van der Waals surface area contributed by atoms with Gasteiger partial charge in [-0.25, -0.2) is 4.79 Å². The number of amides is 2. The predicted molar refractivity (Wildman–Crippen MR) is 110 cm³/mol. The van der Waals surface area contributed by atoms with Gasteiger partial charge in [-0.2, -0.15) is 0 Å². The topological polar surface area (TPSA) is 100 Å². The van der Waals surface area contributed by atoms with Gasteiger partial charge in [-0.15, -0.1) is 0 Å². The Labute approximate surface area is 166 Å². The van der Waals surface area contributed by atoms with E-state index in [9.17, 15) is 14.4 Å². The zero-order valence-corrected chi connectivity index (χ0v) is 17.6. The highest BCUT2D eigenvalue weighted by Crippen LogP contribution is 2.35. The van der Waals surface area contributed by atoms with Gasteiger partial charge in [-0.3, -0.25) is 9.59 Å². The first-order valence-electron chi connectivity index (χ1n) is 9.12. The van der Waals surface area contributed by atoms with Crippen molar-refractivity contribution in [3.05, 3.63) is 15.7 Å². The van der Waals surface area contributed by atoms with Gasteiger partial charge < -0.3 is 20.4 Å². The van der Waals surface area contributed by atoms with Crippen LogP contribution in [0.25, 0.3) is 10.6 Å². The number of carbonyl (C=O) groups excluding carboxylic acids is 2. The predicted octanol–water partition coefficient (Wildman–Crippen LogP) is 4.41. The second-order valence-corrected chi connectivity index (χ2v) is 9.44. The van der Waals surface area contributed by atoms with Crippen molar-refractivity contribution in [2.45, 2.75) is 64.9 Å². The zero-order valence-electron chi connectivity index (χ0n) is 16.0. The average Bonchev–Trinajstić information content (AvgIpc) is 3.11. The molecule has 0 bridgehead atoms. The first-order valence-corrected chi connectivity index (χ1v) is 11.3. The van der Waals surface area contributed by atoms with Gasteiger partial charge in [0.15, 0.2) is 0 Å². The molecule has 2 aliphatic heterocycles. The van der Waals surface area contributed by atoms with Crippen LogP contribution in [0.3, 0.4) is 0 Å². The van der Waals surface area contributed by atoms with Crippen molar-refractivity contribution in [3.8, 4) is 10.6 Å². The number of unbranched alkanes of at least 4 members (excludes halogenated alkanes) is 4. The minimum atomic E-state index is -0.478. The molecule has 0 saturated heterocycles. The minimum Gasteiger partial charge on any atom is -0.444 e. The highest BCUT2D eigenvalue weighted by Gasteiger charge is 2.18. The lowest BCUT2D eigenvalue weighted by atomic mass is 10.1. The molecule has 27 heavy (non-hydrogen) atoms. The van der Waals surface area contributed by atoms with Gasteiger partial charge >= 0.3 is 6.09 Å². The molecule has 0 radical (unpaired) electrons. The van der Waals surface area contributed by atoms with Gasteiger partial charge in [-0.1, -0.05) is 39.9 Å². The van der Waals surface area contributed by atoms with Crippen LogP contribution in [0.4, 0.5) is 10.5 Å². The molecule has 0 aromatic carbocycles. The molecule has 2 rings (SSSR count). The Balaban J connectivity index is 1.53. The minimum absolute atomic E-state index is 0.127. The van der Waals surface area contributed by atoms with Crippen LogP contribution in [0.5, 0.6) is 0 Å². The number of ether oxygens (including phenoxy) is 1. The van der Waals surface area contributed by atoms with Crippen molar-refractivity contribution in [1.82, 2.24) is 10.3 Å². The maximum atomic E-state index is 12.0. The van der Waals surface area contributed by atoms with Crippen LogP contribution >= 0.6 is 20.7 Å². The van der Waals surface area contributed by atoms with Crippen LogP contribution in [-0.4, -0.2) is 29.1 Å². The van der Waals surface area contributed by atoms with Gasteiger partial charge in [0.2, 0.25) is 5.91 Å². The van der Waals surface area contributed by atoms with Crippen molar-refractivity contribution in [1.29, 1.82) is 0 Å². The number of rotatable bonds is 9. The number of aromatic amines is 1. The molecule has 2 aliphatic rings. The average molecular weight is 414 g/mol. The summed E-state index contributed by atoms with van der Waals surface area (Å²) in [6, 6.07) is 0. The Hall–Kier alpha value is -1.87. The molecular weight excluding hydrogens is 386 g/mol. The summed E-state index contributed by atoms with van der Waals surface area (Å²) < 4.78 is 5.16. The Morgan fingerprint density at radius 3 is 2.59 bits per heavy atom. The Morgan fingerprint density at radius 1 is 1.15 bits per heavy atom. The molecule has 150 valence electrons. The van der Waals surface area contributed by atoms with Crippen LogP contribution in [-0.2, 0) is 9.53 Å². The first kappa shape index (κ1) is 21.4. The summed E-state index contributed by atoms with van der Waals surface area (Å²) in [6.07, 6.45) is 4.59. The van der Waals surface area contributed by atoms with E-state index in [1.54, 1.807) is 0 Å². The van der Waals surface area contributed by atoms with E-state index in [0.29, 0.717) is 18.7 Å². The number of hydrogen-bond acceptors (Lipinski definition) is 6. The van der Waals surface area contributed by atoms with E-state index >= 15 is 0 Å². The molecule has 2 heterocycles. The largest absolute Gasteiger partial charge is 0.444 e. The van der Waals surface area contributed by atoms with Gasteiger partial charge in [0.05, 0.1) is 10.6 Å². The van der Waals surface area contributed by atoms with E-state index in [0.717, 1.165) is 42.7 Å². The lowest BCUT2D eigenvalue weighted by Crippen LogP contribution is -2.32. The lowest BCUT2D eigenvalue weighted by molar-refractivity contribution is -0.116. The summed E-state index contributed by atoms with van der Waals surface area (Å²) in [5, 5.41) is 7.34. The smallest absolute Gasteiger partial charge is 0.407 e. The highest BCUT2D eigenvalue weighted by molar-refractivity contribution is 7.70. The van der Waals surface area contributed by atoms with E-state index in [1.165, 1.54) is 20.7 Å². The number of alkyl carbamates (subject to hydrolysis) is 1. The number of nitrogens with one attached hydrogen (secondary N) is 3. The molecular formula is C18H27N3O4S2. The summed E-state index contributed by atoms with van der Waals surface area (Å²) in [5.41, 5.74) is 0.433. The van der Waals surface area contributed by atoms with Crippen LogP contribution in [0.15, 0.2) is 10.2 Å². The number of H-pyrrole nitrogens is 1. The standard InChI is InChI=1S/C18H27N3O4S2/c1-18(2,3)25-17(24)19-10-8-6-4-5-7-9-13(22)21-14-15-12(11-26-27-15)20-16(14)23/h11H,4-10H2,1-3H3,(H,19,24)(H,20,23)(H,21,22). The molecule has 0 aromatic heterocycles. The van der Waals surface area contributed by atoms with Crippen molar-refractivity contribution in [3.63, 3.8) is 0 Å². The van der Waals surface area contributed by atoms with Gasteiger partial charge in [0, 0.05) is 18.3 Å². The number of carbonyl (C=O) groups is 2. The van der Waals surface area contributed by atoms with Crippen LogP contribution in [0.2, 0.25) is 0 Å². The Kier molecular flexibility index (Phi) is 7.85. The molecule has 0 spiro atoms. The molecule has 2 amide bonds. The van der Waals surface area contributed by atoms with Crippen LogP contribution < -0.4 is 16.2 Å². The molecule has 0 saturated carbocycles. The fourth-order valence-corrected chi connectivity index (χ4v) is 4.69. The molecule has 3 N–H and O–H groups in total. The van der Waals surface area contributed by atoms with E-state index < -0.39 is 5.60 Å². The fraction of sp³-hybridized carbons (Fsp3) is 0.611. The summed E-state index contributed by atoms with van der Waals surface area (Å²) in [7, 11) is 3.01. The third-order valence-electron chi connectivity index (χ3n) is 3.76. The SMILES string of the molecule is CC(C)(C)OC(=O)NCCCCCCCC(=O)Nc1c2sscc-2[nH]c1=O. The summed E-state index contributed by atoms with van der Waals surface area (Å²) in [4.78, 5) is 38.9. The first-order chi connectivity index (χ1) is 12.8. The molecule has 0 aromatic rings. The third-order valence-corrected chi connectivity index (χ3v) is 5.85. The number of aromatic nitrogens is 1. The van der Waals surface area contributed by atoms with E-state index in [2.05, 4.69) is 15.6 Å². The molecule has 0 fully saturated rings. The van der Waals surface area contributed by atoms with Crippen molar-refractivity contribution < 1.29 is 14.3 Å². The third kappa shape index (κ3) is 7.34. The normalized spacial score (nSPS) is 11.5. The number of fused-ring (bicyclic) bond motifs is 1. The van der Waals surface area contributed by atoms with Gasteiger partial charge in [0.25, 0.3) is 5.56 Å². The maximum absolute atomic E-state index is 12.0. The lowest BCUT2D eigenvalue weighted by Gasteiger charge is -2.19. The molecule has 9 heteroatoms. The van der Waals surface area contributed by atoms with Crippen LogP contribution in [0, 0.1) is 0 Å². The van der Waals surface area contributed by atoms with Crippen molar-refractivity contribution in [2.24, 2.45) is 0 Å². The van der Waals surface area contributed by atoms with Gasteiger partial charge in [0.1, 0.15) is 11.3 Å². The number of hydrogen-bond donors (Lipinski definition) is 3. The van der Waals surface area contributed by atoms with E-state index in [4.69, 9.17) is 4.74 Å².